The molecule has 1 atom stereocenters. The van der Waals surface area contributed by atoms with Gasteiger partial charge in [-0.3, -0.25) is 0 Å². The van der Waals surface area contributed by atoms with Crippen LogP contribution in [0.5, 0.6) is 0 Å². The molecule has 0 amide bonds. The second kappa shape index (κ2) is 6.24. The van der Waals surface area contributed by atoms with Gasteiger partial charge in [0.05, 0.1) is 0 Å². The quantitative estimate of drug-likeness (QED) is 0.650. The lowest BCUT2D eigenvalue weighted by molar-refractivity contribution is -0.149. The lowest BCUT2D eigenvalue weighted by Gasteiger charge is -2.14. The van der Waals surface area contributed by atoms with Gasteiger partial charge in [0.15, 0.2) is 0 Å². The molecule has 0 saturated heterocycles. The van der Waals surface area contributed by atoms with Crippen LogP contribution >= 0.6 is 0 Å². The molecular weight excluding hydrogens is 179 g/mol. The summed E-state index contributed by atoms with van der Waals surface area (Å²) in [5.74, 6) is 0. The van der Waals surface area contributed by atoms with Gasteiger partial charge in [-0.2, -0.15) is 13.2 Å². The Balaban J connectivity index is 3.32. The van der Waals surface area contributed by atoms with Crippen LogP contribution in [0.2, 0.25) is 0 Å². The number of hydrogen-bond acceptors (Lipinski definition) is 1. The van der Waals surface area contributed by atoms with E-state index in [-0.39, 0.29) is 6.42 Å². The SMILES string of the molecule is CCCCCCC[C@@H](N)C(F)(F)F. The summed E-state index contributed by atoms with van der Waals surface area (Å²) in [6, 6.07) is -1.63. The Kier molecular flexibility index (Phi) is 6.12. The van der Waals surface area contributed by atoms with Crippen molar-refractivity contribution in [1.82, 2.24) is 0 Å². The Morgan fingerprint density at radius 2 is 1.62 bits per heavy atom. The molecule has 0 unspecified atom stereocenters. The molecule has 0 radical (unpaired) electrons. The van der Waals surface area contributed by atoms with Gasteiger partial charge in [0.2, 0.25) is 0 Å². The monoisotopic (exact) mass is 197 g/mol. The van der Waals surface area contributed by atoms with Crippen LogP contribution in [0.3, 0.4) is 0 Å². The number of rotatable bonds is 6. The molecule has 0 aromatic carbocycles. The van der Waals surface area contributed by atoms with Gasteiger partial charge < -0.3 is 5.73 Å². The highest BCUT2D eigenvalue weighted by Gasteiger charge is 2.35. The predicted octanol–water partition coefficient (Wildman–Crippen LogP) is 3.24. The van der Waals surface area contributed by atoms with Gasteiger partial charge in [-0.15, -0.1) is 0 Å². The molecule has 0 aromatic rings. The number of halogens is 3. The van der Waals surface area contributed by atoms with Crippen molar-refractivity contribution >= 4 is 0 Å². The number of nitrogens with two attached hydrogens (primary N) is 1. The summed E-state index contributed by atoms with van der Waals surface area (Å²) >= 11 is 0. The zero-order valence-electron chi connectivity index (χ0n) is 8.03. The fourth-order valence-electron chi connectivity index (χ4n) is 1.13. The molecule has 0 spiro atoms. The van der Waals surface area contributed by atoms with Crippen LogP contribution in [0.1, 0.15) is 45.4 Å². The summed E-state index contributed by atoms with van der Waals surface area (Å²) in [6.07, 6.45) is 0.504. The third kappa shape index (κ3) is 6.87. The van der Waals surface area contributed by atoms with Crippen molar-refractivity contribution in [3.63, 3.8) is 0 Å². The van der Waals surface area contributed by atoms with Gasteiger partial charge in [-0.25, -0.2) is 0 Å². The molecule has 0 fully saturated rings. The second-order valence-corrected chi connectivity index (χ2v) is 3.35. The Bertz CT molecular complexity index is 123. The van der Waals surface area contributed by atoms with Crippen LogP contribution < -0.4 is 5.73 Å². The highest BCUT2D eigenvalue weighted by atomic mass is 19.4. The van der Waals surface area contributed by atoms with E-state index in [4.69, 9.17) is 5.73 Å². The Morgan fingerprint density at radius 1 is 1.08 bits per heavy atom. The third-order valence-electron chi connectivity index (χ3n) is 2.04. The smallest absolute Gasteiger partial charge is 0.320 e. The van der Waals surface area contributed by atoms with Crippen molar-refractivity contribution in [2.75, 3.05) is 0 Å². The maximum atomic E-state index is 11.9. The van der Waals surface area contributed by atoms with Crippen LogP contribution in [-0.4, -0.2) is 12.2 Å². The van der Waals surface area contributed by atoms with Crippen molar-refractivity contribution in [3.8, 4) is 0 Å². The van der Waals surface area contributed by atoms with E-state index in [9.17, 15) is 13.2 Å². The van der Waals surface area contributed by atoms with Crippen molar-refractivity contribution in [2.24, 2.45) is 5.73 Å². The maximum Gasteiger partial charge on any atom is 0.403 e. The van der Waals surface area contributed by atoms with Gasteiger partial charge in [-0.05, 0) is 6.42 Å². The summed E-state index contributed by atoms with van der Waals surface area (Å²) in [7, 11) is 0. The Morgan fingerprint density at radius 3 is 2.08 bits per heavy atom. The lowest BCUT2D eigenvalue weighted by atomic mass is 10.1. The van der Waals surface area contributed by atoms with E-state index in [1.165, 1.54) is 0 Å². The molecule has 0 saturated carbocycles. The fourth-order valence-corrected chi connectivity index (χ4v) is 1.13. The molecule has 0 aromatic heterocycles. The molecule has 13 heavy (non-hydrogen) atoms. The molecule has 1 nitrogen and oxygen atoms in total. The first-order valence-electron chi connectivity index (χ1n) is 4.80. The topological polar surface area (TPSA) is 26.0 Å². The molecule has 0 bridgehead atoms. The van der Waals surface area contributed by atoms with Crippen LogP contribution in [0, 0.1) is 0 Å². The van der Waals surface area contributed by atoms with Gasteiger partial charge in [-0.1, -0.05) is 39.0 Å². The maximum absolute atomic E-state index is 11.9. The van der Waals surface area contributed by atoms with E-state index in [2.05, 4.69) is 6.92 Å². The third-order valence-corrected chi connectivity index (χ3v) is 2.04. The highest BCUT2D eigenvalue weighted by molar-refractivity contribution is 4.69. The summed E-state index contributed by atoms with van der Waals surface area (Å²) < 4.78 is 35.7. The van der Waals surface area contributed by atoms with Crippen LogP contribution in [0.25, 0.3) is 0 Å². The summed E-state index contributed by atoms with van der Waals surface area (Å²) in [6.45, 7) is 2.07. The van der Waals surface area contributed by atoms with Gasteiger partial charge in [0, 0.05) is 0 Å². The minimum Gasteiger partial charge on any atom is -0.320 e. The van der Waals surface area contributed by atoms with Crippen LogP contribution in [-0.2, 0) is 0 Å². The van der Waals surface area contributed by atoms with Crippen LogP contribution in [0.4, 0.5) is 13.2 Å². The normalized spacial score (nSPS) is 14.5. The van der Waals surface area contributed by atoms with E-state index in [1.807, 2.05) is 0 Å². The van der Waals surface area contributed by atoms with Gasteiger partial charge >= 0.3 is 6.18 Å². The Labute approximate surface area is 77.5 Å². The molecule has 0 aliphatic carbocycles. The number of hydrogen-bond donors (Lipinski definition) is 1. The Hall–Kier alpha value is -0.250. The first-order chi connectivity index (χ1) is 5.98. The van der Waals surface area contributed by atoms with Crippen molar-refractivity contribution in [1.29, 1.82) is 0 Å². The summed E-state index contributed by atoms with van der Waals surface area (Å²) in [4.78, 5) is 0. The first-order valence-corrected chi connectivity index (χ1v) is 4.80. The second-order valence-electron chi connectivity index (χ2n) is 3.35. The summed E-state index contributed by atoms with van der Waals surface area (Å²) in [5, 5.41) is 0. The number of unbranched alkanes of at least 4 members (excludes halogenated alkanes) is 4. The number of alkyl halides is 3. The van der Waals surface area contributed by atoms with E-state index >= 15 is 0 Å². The zero-order chi connectivity index (χ0) is 10.3. The largest absolute Gasteiger partial charge is 0.403 e. The molecule has 0 rings (SSSR count). The average molecular weight is 197 g/mol. The van der Waals surface area contributed by atoms with E-state index in [0.717, 1.165) is 25.7 Å². The molecular formula is C9H18F3N. The first kappa shape index (κ1) is 12.8. The van der Waals surface area contributed by atoms with E-state index in [0.29, 0.717) is 6.42 Å². The molecule has 0 aliphatic rings. The minimum atomic E-state index is -4.22. The fraction of sp³-hybridized carbons (Fsp3) is 1.00. The van der Waals surface area contributed by atoms with E-state index < -0.39 is 12.2 Å². The molecule has 2 N–H and O–H groups in total. The molecule has 0 aliphatic heterocycles. The molecule has 4 heteroatoms. The molecule has 80 valence electrons. The van der Waals surface area contributed by atoms with E-state index in [1.54, 1.807) is 0 Å². The predicted molar refractivity (Wildman–Crippen MR) is 47.4 cm³/mol. The minimum absolute atomic E-state index is 0.0627. The molecule has 0 heterocycles. The van der Waals surface area contributed by atoms with Gasteiger partial charge in [0.25, 0.3) is 0 Å². The highest BCUT2D eigenvalue weighted by Crippen LogP contribution is 2.22. The van der Waals surface area contributed by atoms with Crippen LogP contribution in [0.15, 0.2) is 0 Å². The lowest BCUT2D eigenvalue weighted by Crippen LogP contribution is -2.37. The zero-order valence-corrected chi connectivity index (χ0v) is 8.03. The summed E-state index contributed by atoms with van der Waals surface area (Å²) in [5.41, 5.74) is 4.94. The van der Waals surface area contributed by atoms with Crippen molar-refractivity contribution < 1.29 is 13.2 Å². The van der Waals surface area contributed by atoms with Crippen molar-refractivity contribution in [3.05, 3.63) is 0 Å². The average Bonchev–Trinajstić information content (AvgIpc) is 2.02. The van der Waals surface area contributed by atoms with Crippen molar-refractivity contribution in [2.45, 2.75) is 57.7 Å². The van der Waals surface area contributed by atoms with Gasteiger partial charge in [0.1, 0.15) is 6.04 Å². The standard InChI is InChI=1S/C9H18F3N/c1-2-3-4-5-6-7-8(13)9(10,11)12/h8H,2-7,13H2,1H3/t8-/m1/s1.